The van der Waals surface area contributed by atoms with Crippen molar-refractivity contribution < 1.29 is 78.9 Å². The predicted octanol–water partition coefficient (Wildman–Crippen LogP) is 4.36. The summed E-state index contributed by atoms with van der Waals surface area (Å²) in [6, 6.07) is -7.22. The summed E-state index contributed by atoms with van der Waals surface area (Å²) in [5.41, 5.74) is 0. The maximum atomic E-state index is 13.2. The fraction of sp³-hybridized carbons (Fsp3) is 0.714. The average Bonchev–Trinajstić information content (AvgIpc) is 2.33. The van der Waals surface area contributed by atoms with E-state index >= 15 is 0 Å². The molecule has 1 unspecified atom stereocenters. The molecule has 0 heterocycles. The fourth-order valence-corrected chi connectivity index (χ4v) is 1.15. The molecule has 0 aromatic heterocycles. The zero-order valence-corrected chi connectivity index (χ0v) is 11.6. The fourth-order valence-electron chi connectivity index (χ4n) is 0.822. The van der Waals surface area contributed by atoms with E-state index in [1.54, 1.807) is 4.74 Å². The maximum Gasteiger partial charge on any atom is 0.478 e. The van der Waals surface area contributed by atoms with E-state index in [-0.39, 0.29) is 0 Å². The van der Waals surface area contributed by atoms with Crippen LogP contribution in [0.15, 0.2) is 11.9 Å². The number of alkyl halides is 10. The molecular formula is C7F14O4S. The van der Waals surface area contributed by atoms with Crippen LogP contribution in [0.1, 0.15) is 0 Å². The van der Waals surface area contributed by atoms with Crippen LogP contribution in [-0.4, -0.2) is 38.1 Å². The Balaban J connectivity index is 6.21. The van der Waals surface area contributed by atoms with E-state index in [2.05, 4.69) is 0 Å². The second kappa shape index (κ2) is 6.66. The van der Waals surface area contributed by atoms with Crippen molar-refractivity contribution in [3.63, 3.8) is 0 Å². The Morgan fingerprint density at radius 2 is 1.12 bits per heavy atom. The molecule has 0 aliphatic heterocycles. The molecule has 0 spiro atoms. The van der Waals surface area contributed by atoms with E-state index in [9.17, 15) is 69.4 Å². The number of hydrogen-bond acceptors (Lipinski definition) is 4. The molecule has 0 aliphatic rings. The van der Waals surface area contributed by atoms with Crippen molar-refractivity contribution in [1.82, 2.24) is 0 Å². The van der Waals surface area contributed by atoms with Crippen molar-refractivity contribution in [2.24, 2.45) is 0 Å². The van der Waals surface area contributed by atoms with Gasteiger partial charge in [-0.15, -0.1) is 0 Å². The van der Waals surface area contributed by atoms with E-state index in [4.69, 9.17) is 0 Å². The summed E-state index contributed by atoms with van der Waals surface area (Å²) < 4.78 is 196. The number of rotatable bonds is 7. The average molecular weight is 446 g/mol. The van der Waals surface area contributed by atoms with Crippen molar-refractivity contribution in [2.45, 2.75) is 29.7 Å². The van der Waals surface area contributed by atoms with E-state index in [0.717, 1.165) is 0 Å². The highest BCUT2D eigenvalue weighted by Crippen LogP contribution is 2.50. The van der Waals surface area contributed by atoms with Crippen molar-refractivity contribution in [1.29, 1.82) is 0 Å². The van der Waals surface area contributed by atoms with Gasteiger partial charge in [-0.25, -0.2) is 9.47 Å². The molecule has 0 rings (SSSR count). The molecular weight excluding hydrogens is 446 g/mol. The second-order valence-electron chi connectivity index (χ2n) is 3.80. The lowest BCUT2D eigenvalue weighted by atomic mass is 10.5. The summed E-state index contributed by atoms with van der Waals surface area (Å²) in [4.78, 5) is 0. The monoisotopic (exact) mass is 446 g/mol. The normalized spacial score (nSPS) is 17.0. The van der Waals surface area contributed by atoms with Gasteiger partial charge in [-0.3, -0.25) is 0 Å². The summed E-state index contributed by atoms with van der Waals surface area (Å²) in [7, 11) is -7.84. The third-order valence-corrected chi connectivity index (χ3v) is 2.77. The summed E-state index contributed by atoms with van der Waals surface area (Å²) in [6.45, 7) is 0. The largest absolute Gasteiger partial charge is 0.478 e. The maximum absolute atomic E-state index is 13.2. The van der Waals surface area contributed by atoms with Crippen molar-refractivity contribution in [3.8, 4) is 0 Å². The molecule has 0 amide bonds. The smallest absolute Gasteiger partial charge is 0.245 e. The van der Waals surface area contributed by atoms with Gasteiger partial charge in [-0.05, 0) is 0 Å². The van der Waals surface area contributed by atoms with Gasteiger partial charge in [0.05, 0.1) is 0 Å². The highest BCUT2D eigenvalue weighted by Gasteiger charge is 2.76. The highest BCUT2D eigenvalue weighted by molar-refractivity contribution is 7.87. The molecule has 0 saturated heterocycles. The molecule has 0 aliphatic carbocycles. The van der Waals surface area contributed by atoms with Gasteiger partial charge in [0, 0.05) is 0 Å². The van der Waals surface area contributed by atoms with Crippen LogP contribution in [0.3, 0.4) is 0 Å². The zero-order valence-electron chi connectivity index (χ0n) is 10.8. The minimum atomic E-state index is -7.84. The first-order valence-electron chi connectivity index (χ1n) is 4.97. The van der Waals surface area contributed by atoms with Crippen molar-refractivity contribution >= 4 is 10.2 Å². The molecule has 156 valence electrons. The van der Waals surface area contributed by atoms with E-state index in [1.807, 2.05) is 0 Å². The Labute approximate surface area is 132 Å². The molecule has 0 aromatic carbocycles. The lowest BCUT2D eigenvalue weighted by Gasteiger charge is -2.33. The third-order valence-electron chi connectivity index (χ3n) is 1.92. The Morgan fingerprint density at radius 3 is 1.38 bits per heavy atom. The molecule has 19 heteroatoms. The second-order valence-corrected chi connectivity index (χ2v) is 5.19. The van der Waals surface area contributed by atoms with Crippen LogP contribution in [0.25, 0.3) is 0 Å². The van der Waals surface area contributed by atoms with Crippen LogP contribution in [0, 0.1) is 0 Å². The van der Waals surface area contributed by atoms with Crippen LogP contribution in [0.2, 0.25) is 0 Å². The number of hydrogen-bond donors (Lipinski definition) is 0. The van der Waals surface area contributed by atoms with Gasteiger partial charge in [-0.1, -0.05) is 3.89 Å². The van der Waals surface area contributed by atoms with Gasteiger partial charge in [0.1, 0.15) is 0 Å². The zero-order chi connectivity index (χ0) is 21.6. The van der Waals surface area contributed by atoms with E-state index in [1.165, 1.54) is 4.74 Å². The molecule has 0 radical (unpaired) electrons. The lowest BCUT2D eigenvalue weighted by Crippen LogP contribution is -2.58. The van der Waals surface area contributed by atoms with Gasteiger partial charge in [0.15, 0.2) is 0 Å². The van der Waals surface area contributed by atoms with E-state index < -0.39 is 51.8 Å². The minimum Gasteiger partial charge on any atom is -0.245 e. The summed E-state index contributed by atoms with van der Waals surface area (Å²) >= 11 is 0. The van der Waals surface area contributed by atoms with Crippen LogP contribution >= 0.6 is 0 Å². The van der Waals surface area contributed by atoms with Gasteiger partial charge in [0.25, 0.3) is 5.83 Å². The Kier molecular flexibility index (Phi) is 6.31. The molecule has 1 atom stereocenters. The van der Waals surface area contributed by atoms with Gasteiger partial charge >= 0.3 is 46.0 Å². The van der Waals surface area contributed by atoms with Crippen molar-refractivity contribution in [2.75, 3.05) is 0 Å². The summed E-state index contributed by atoms with van der Waals surface area (Å²) in [5, 5.41) is -7.30. The number of ether oxygens (including phenoxy) is 2. The summed E-state index contributed by atoms with van der Waals surface area (Å²) in [5.74, 6) is -4.28. The molecule has 0 fully saturated rings. The molecule has 0 aromatic rings. The quantitative estimate of drug-likeness (QED) is 0.332. The standard InChI is InChI=1S/C7F14O4S/c8-1(2(9)10)3(11,12)24-7(20,4(13,14)15)25-5(16,17)6(18,19)26(21,22)23. The molecule has 26 heavy (non-hydrogen) atoms. The Morgan fingerprint density at radius 1 is 0.731 bits per heavy atom. The molecule has 0 saturated carbocycles. The topological polar surface area (TPSA) is 52.6 Å². The SMILES string of the molecule is O=S(=O)(F)C(F)(F)C(F)(F)OC(F)(OC(F)(F)C(F)=C(F)F)C(F)(F)F. The Hall–Kier alpha value is -1.37. The van der Waals surface area contributed by atoms with Gasteiger partial charge < -0.3 is 0 Å². The molecule has 0 bridgehead atoms. The van der Waals surface area contributed by atoms with Crippen LogP contribution in [-0.2, 0) is 19.7 Å². The van der Waals surface area contributed by atoms with Crippen LogP contribution in [0.5, 0.6) is 0 Å². The third kappa shape index (κ3) is 4.67. The van der Waals surface area contributed by atoms with Crippen molar-refractivity contribution in [3.05, 3.63) is 11.9 Å². The predicted molar refractivity (Wildman–Crippen MR) is 47.3 cm³/mol. The van der Waals surface area contributed by atoms with E-state index in [0.29, 0.717) is 0 Å². The first kappa shape index (κ1) is 24.6. The molecule has 4 nitrogen and oxygen atoms in total. The minimum absolute atomic E-state index is 1.52. The van der Waals surface area contributed by atoms with Gasteiger partial charge in [0.2, 0.25) is 0 Å². The first-order chi connectivity index (χ1) is 11.0. The van der Waals surface area contributed by atoms with Gasteiger partial charge in [-0.2, -0.15) is 65.5 Å². The molecule has 0 N–H and O–H groups in total. The Bertz CT molecular complexity index is 661. The van der Waals surface area contributed by atoms with Crippen LogP contribution < -0.4 is 0 Å². The van der Waals surface area contributed by atoms with Crippen LogP contribution in [0.4, 0.5) is 61.0 Å². The number of halogens is 14. The lowest BCUT2D eigenvalue weighted by molar-refractivity contribution is -0.539. The highest BCUT2D eigenvalue weighted by atomic mass is 32.3. The first-order valence-corrected chi connectivity index (χ1v) is 6.35. The summed E-state index contributed by atoms with van der Waals surface area (Å²) in [6.07, 6.45) is -25.7.